The van der Waals surface area contributed by atoms with Crippen molar-refractivity contribution in [3.05, 3.63) is 17.7 Å². The normalized spacial score (nSPS) is 20.2. The Morgan fingerprint density at radius 1 is 1.25 bits per heavy atom. The topological polar surface area (TPSA) is 88.7 Å². The molecule has 3 N–H and O–H groups in total. The summed E-state index contributed by atoms with van der Waals surface area (Å²) in [4.78, 5) is 24.0. The Labute approximate surface area is 142 Å². The first kappa shape index (κ1) is 18.1. The van der Waals surface area contributed by atoms with Gasteiger partial charge in [0, 0.05) is 24.6 Å². The van der Waals surface area contributed by atoms with Gasteiger partial charge < -0.3 is 25.4 Å². The third-order valence-electron chi connectivity index (χ3n) is 4.13. The molecule has 2 rings (SSSR count). The fourth-order valence-corrected chi connectivity index (χ4v) is 2.87. The predicted molar refractivity (Wildman–Crippen MR) is 91.8 cm³/mol. The molecule has 1 saturated heterocycles. The molecule has 0 radical (unpaired) electrons. The summed E-state index contributed by atoms with van der Waals surface area (Å²) in [5.74, 6) is 0.321. The van der Waals surface area contributed by atoms with Gasteiger partial charge in [-0.2, -0.15) is 0 Å². The van der Waals surface area contributed by atoms with Gasteiger partial charge in [0.25, 0.3) is 5.91 Å². The molecule has 0 spiro atoms. The van der Waals surface area contributed by atoms with Crippen molar-refractivity contribution >= 4 is 17.5 Å². The third kappa shape index (κ3) is 4.17. The SMILES string of the molecule is COc1cc(C(=O)NC2CCCNC2C)cc(NC(C)=O)c1OC. The van der Waals surface area contributed by atoms with E-state index in [1.165, 1.54) is 21.1 Å². The summed E-state index contributed by atoms with van der Waals surface area (Å²) >= 11 is 0. The first-order valence-corrected chi connectivity index (χ1v) is 8.04. The number of hydrogen-bond donors (Lipinski definition) is 3. The highest BCUT2D eigenvalue weighted by Gasteiger charge is 2.24. The second-order valence-electron chi connectivity index (χ2n) is 5.91. The fraction of sp³-hybridized carbons (Fsp3) is 0.529. The molecule has 1 aliphatic heterocycles. The largest absolute Gasteiger partial charge is 0.493 e. The second kappa shape index (κ2) is 8.01. The van der Waals surface area contributed by atoms with Gasteiger partial charge in [0.2, 0.25) is 5.91 Å². The number of carbonyl (C=O) groups is 2. The minimum atomic E-state index is -0.252. The van der Waals surface area contributed by atoms with Crippen molar-refractivity contribution in [3.8, 4) is 11.5 Å². The van der Waals surface area contributed by atoms with E-state index in [-0.39, 0.29) is 23.9 Å². The standard InChI is InChI=1S/C17H25N3O4/c1-10-13(6-5-7-18-10)20-17(22)12-8-14(19-11(2)21)16(24-4)15(9-12)23-3/h8-10,13,18H,5-7H2,1-4H3,(H,19,21)(H,20,22). The van der Waals surface area contributed by atoms with Crippen molar-refractivity contribution in [2.24, 2.45) is 0 Å². The van der Waals surface area contributed by atoms with E-state index in [2.05, 4.69) is 22.9 Å². The lowest BCUT2D eigenvalue weighted by Crippen LogP contribution is -2.51. The van der Waals surface area contributed by atoms with Crippen LogP contribution in [0.15, 0.2) is 12.1 Å². The fourth-order valence-electron chi connectivity index (χ4n) is 2.87. The third-order valence-corrected chi connectivity index (χ3v) is 4.13. The average Bonchev–Trinajstić information content (AvgIpc) is 2.55. The molecular weight excluding hydrogens is 310 g/mol. The quantitative estimate of drug-likeness (QED) is 0.759. The molecule has 0 aliphatic carbocycles. The minimum absolute atomic E-state index is 0.0727. The van der Waals surface area contributed by atoms with Crippen LogP contribution >= 0.6 is 0 Å². The molecular formula is C17H25N3O4. The molecule has 0 aromatic heterocycles. The van der Waals surface area contributed by atoms with E-state index in [1.807, 2.05) is 0 Å². The summed E-state index contributed by atoms with van der Waals surface area (Å²) in [5, 5.41) is 9.06. The number of anilines is 1. The molecule has 24 heavy (non-hydrogen) atoms. The van der Waals surface area contributed by atoms with E-state index in [0.29, 0.717) is 22.7 Å². The Kier molecular flexibility index (Phi) is 6.03. The molecule has 2 amide bonds. The van der Waals surface area contributed by atoms with Crippen molar-refractivity contribution < 1.29 is 19.1 Å². The van der Waals surface area contributed by atoms with E-state index < -0.39 is 0 Å². The van der Waals surface area contributed by atoms with Crippen molar-refractivity contribution in [1.29, 1.82) is 0 Å². The van der Waals surface area contributed by atoms with Gasteiger partial charge in [-0.1, -0.05) is 0 Å². The van der Waals surface area contributed by atoms with Gasteiger partial charge in [-0.25, -0.2) is 0 Å². The van der Waals surface area contributed by atoms with Crippen molar-refractivity contribution in [1.82, 2.24) is 10.6 Å². The van der Waals surface area contributed by atoms with Crippen LogP contribution in [0, 0.1) is 0 Å². The minimum Gasteiger partial charge on any atom is -0.493 e. The Bertz CT molecular complexity index is 618. The lowest BCUT2D eigenvalue weighted by atomic mass is 9.99. The zero-order chi connectivity index (χ0) is 17.7. The first-order chi connectivity index (χ1) is 11.5. The molecule has 1 aromatic rings. The summed E-state index contributed by atoms with van der Waals surface area (Å²) < 4.78 is 10.6. The van der Waals surface area contributed by atoms with Crippen molar-refractivity contribution in [2.45, 2.75) is 38.8 Å². The smallest absolute Gasteiger partial charge is 0.251 e. The highest BCUT2D eigenvalue weighted by molar-refractivity contribution is 5.99. The first-order valence-electron chi connectivity index (χ1n) is 8.04. The van der Waals surface area contributed by atoms with Crippen LogP contribution in [0.2, 0.25) is 0 Å². The maximum Gasteiger partial charge on any atom is 0.251 e. The second-order valence-corrected chi connectivity index (χ2v) is 5.91. The summed E-state index contributed by atoms with van der Waals surface area (Å²) in [6, 6.07) is 3.50. The molecule has 7 heteroatoms. The van der Waals surface area contributed by atoms with Gasteiger partial charge in [-0.3, -0.25) is 9.59 Å². The highest BCUT2D eigenvalue weighted by atomic mass is 16.5. The summed E-state index contributed by atoms with van der Waals surface area (Å²) in [6.07, 6.45) is 1.96. The zero-order valence-corrected chi connectivity index (χ0v) is 14.6. The van der Waals surface area contributed by atoms with Crippen molar-refractivity contribution in [3.63, 3.8) is 0 Å². The number of amides is 2. The Morgan fingerprint density at radius 2 is 2.00 bits per heavy atom. The van der Waals surface area contributed by atoms with E-state index >= 15 is 0 Å². The monoisotopic (exact) mass is 335 g/mol. The lowest BCUT2D eigenvalue weighted by molar-refractivity contribution is -0.114. The van der Waals surface area contributed by atoms with Gasteiger partial charge in [-0.15, -0.1) is 0 Å². The zero-order valence-electron chi connectivity index (χ0n) is 14.6. The number of benzene rings is 1. The van der Waals surface area contributed by atoms with Gasteiger partial charge in [-0.05, 0) is 38.4 Å². The van der Waals surface area contributed by atoms with E-state index in [0.717, 1.165) is 19.4 Å². The van der Waals surface area contributed by atoms with Crippen LogP contribution in [0.3, 0.4) is 0 Å². The Morgan fingerprint density at radius 3 is 2.58 bits per heavy atom. The van der Waals surface area contributed by atoms with Gasteiger partial charge in [0.1, 0.15) is 0 Å². The van der Waals surface area contributed by atoms with E-state index in [4.69, 9.17) is 9.47 Å². The van der Waals surface area contributed by atoms with Crippen molar-refractivity contribution in [2.75, 3.05) is 26.1 Å². The number of methoxy groups -OCH3 is 2. The van der Waals surface area contributed by atoms with Crippen LogP contribution in [0.4, 0.5) is 5.69 Å². The number of carbonyl (C=O) groups excluding carboxylic acids is 2. The summed E-state index contributed by atoms with van der Waals surface area (Å²) in [6.45, 7) is 4.42. The number of piperidine rings is 1. The van der Waals surface area contributed by atoms with Crippen LogP contribution in [-0.2, 0) is 4.79 Å². The Hall–Kier alpha value is -2.28. The van der Waals surface area contributed by atoms with Crippen LogP contribution in [0.25, 0.3) is 0 Å². The Balaban J connectivity index is 2.27. The molecule has 0 bridgehead atoms. The number of hydrogen-bond acceptors (Lipinski definition) is 5. The van der Waals surface area contributed by atoms with Gasteiger partial charge in [0.05, 0.1) is 19.9 Å². The molecule has 7 nitrogen and oxygen atoms in total. The highest BCUT2D eigenvalue weighted by Crippen LogP contribution is 2.36. The molecule has 132 valence electrons. The molecule has 0 saturated carbocycles. The average molecular weight is 335 g/mol. The molecule has 1 aliphatic rings. The predicted octanol–water partition coefficient (Wildman–Crippen LogP) is 1.53. The van der Waals surface area contributed by atoms with E-state index in [9.17, 15) is 9.59 Å². The lowest BCUT2D eigenvalue weighted by Gasteiger charge is -2.30. The number of nitrogens with one attached hydrogen (secondary N) is 3. The van der Waals surface area contributed by atoms with Crippen LogP contribution < -0.4 is 25.4 Å². The van der Waals surface area contributed by atoms with E-state index in [1.54, 1.807) is 12.1 Å². The molecule has 2 atom stereocenters. The number of ether oxygens (including phenoxy) is 2. The number of rotatable bonds is 5. The van der Waals surface area contributed by atoms with Crippen LogP contribution in [-0.4, -0.2) is 44.7 Å². The maximum atomic E-state index is 12.6. The van der Waals surface area contributed by atoms with Gasteiger partial charge in [0.15, 0.2) is 11.5 Å². The molecule has 1 heterocycles. The van der Waals surface area contributed by atoms with Crippen LogP contribution in [0.1, 0.15) is 37.0 Å². The maximum absolute atomic E-state index is 12.6. The van der Waals surface area contributed by atoms with Crippen LogP contribution in [0.5, 0.6) is 11.5 Å². The summed E-state index contributed by atoms with van der Waals surface area (Å²) in [5.41, 5.74) is 0.818. The van der Waals surface area contributed by atoms with Gasteiger partial charge >= 0.3 is 0 Å². The summed E-state index contributed by atoms with van der Waals surface area (Å²) in [7, 11) is 2.97. The molecule has 2 unspecified atom stereocenters. The molecule has 1 fully saturated rings. The molecule has 1 aromatic carbocycles.